The second-order valence-electron chi connectivity index (χ2n) is 5.09. The number of hydrogen-bond donors (Lipinski definition) is 1. The summed E-state index contributed by atoms with van der Waals surface area (Å²) in [6, 6.07) is 14.3. The minimum absolute atomic E-state index is 0.288. The number of nitrogens with zero attached hydrogens (tertiary/aromatic N) is 1. The Morgan fingerprint density at radius 1 is 1.13 bits per heavy atom. The van der Waals surface area contributed by atoms with Gasteiger partial charge in [-0.1, -0.05) is 41.1 Å². The summed E-state index contributed by atoms with van der Waals surface area (Å²) < 4.78 is 29.1. The molecule has 0 spiro atoms. The highest BCUT2D eigenvalue weighted by atomic mass is 79.9. The summed E-state index contributed by atoms with van der Waals surface area (Å²) in [6.07, 6.45) is 2.28. The van der Waals surface area contributed by atoms with Gasteiger partial charge in [-0.05, 0) is 42.3 Å². The monoisotopic (exact) mass is 390 g/mol. The maximum absolute atomic E-state index is 12.8. The molecule has 3 rings (SSSR count). The average Bonchev–Trinajstić information content (AvgIpc) is 2.54. The van der Waals surface area contributed by atoms with E-state index in [1.54, 1.807) is 24.4 Å². The van der Waals surface area contributed by atoms with Crippen LogP contribution in [0.25, 0.3) is 10.9 Å². The molecule has 0 saturated carbocycles. The van der Waals surface area contributed by atoms with Crippen molar-refractivity contribution in [2.45, 2.75) is 18.2 Å². The average molecular weight is 391 g/mol. The molecule has 0 fully saturated rings. The van der Waals surface area contributed by atoms with Crippen LogP contribution in [0.4, 0.5) is 5.69 Å². The van der Waals surface area contributed by atoms with Crippen molar-refractivity contribution in [1.82, 2.24) is 4.98 Å². The van der Waals surface area contributed by atoms with Crippen LogP contribution < -0.4 is 4.72 Å². The zero-order valence-corrected chi connectivity index (χ0v) is 14.9. The Morgan fingerprint density at radius 3 is 2.70 bits per heavy atom. The fourth-order valence-corrected chi connectivity index (χ4v) is 4.24. The van der Waals surface area contributed by atoms with Gasteiger partial charge in [0, 0.05) is 16.1 Å². The summed E-state index contributed by atoms with van der Waals surface area (Å²) in [5, 5.41) is 0.888. The number of aryl methyl sites for hydroxylation is 1. The molecular formula is C17H15BrN2O2S. The molecule has 0 unspecified atom stereocenters. The van der Waals surface area contributed by atoms with Crippen molar-refractivity contribution in [1.29, 1.82) is 0 Å². The molecule has 1 heterocycles. The fraction of sp³-hybridized carbons (Fsp3) is 0.118. The molecule has 0 radical (unpaired) electrons. The molecule has 23 heavy (non-hydrogen) atoms. The molecule has 118 valence electrons. The van der Waals surface area contributed by atoms with Gasteiger partial charge in [0.1, 0.15) is 0 Å². The van der Waals surface area contributed by atoms with Crippen LogP contribution in [0.2, 0.25) is 0 Å². The Hall–Kier alpha value is -1.92. The Bertz CT molecular complexity index is 966. The second-order valence-corrected chi connectivity index (χ2v) is 7.66. The third-order valence-corrected chi connectivity index (χ3v) is 5.53. The lowest BCUT2D eigenvalue weighted by Gasteiger charge is -2.13. The van der Waals surface area contributed by atoms with Crippen LogP contribution in [0.1, 0.15) is 12.5 Å². The van der Waals surface area contributed by atoms with Gasteiger partial charge in [-0.25, -0.2) is 8.42 Å². The molecule has 0 aliphatic carbocycles. The summed E-state index contributed by atoms with van der Waals surface area (Å²) in [7, 11) is -3.68. The quantitative estimate of drug-likeness (QED) is 0.719. The van der Waals surface area contributed by atoms with E-state index in [0.29, 0.717) is 17.6 Å². The van der Waals surface area contributed by atoms with Crippen LogP contribution in [0.5, 0.6) is 0 Å². The van der Waals surface area contributed by atoms with Crippen LogP contribution in [-0.4, -0.2) is 13.4 Å². The van der Waals surface area contributed by atoms with Crippen molar-refractivity contribution < 1.29 is 8.42 Å². The minimum Gasteiger partial charge on any atom is -0.277 e. The van der Waals surface area contributed by atoms with E-state index in [9.17, 15) is 8.42 Å². The number of halogens is 1. The van der Waals surface area contributed by atoms with Gasteiger partial charge < -0.3 is 0 Å². The van der Waals surface area contributed by atoms with Crippen LogP contribution in [0.15, 0.2) is 64.1 Å². The second kappa shape index (κ2) is 6.29. The number of pyridine rings is 1. The standard InChI is InChI=1S/C17H15BrN2O2S/c1-2-12-11-14(18)8-9-16(12)23(21,22)20-15-7-3-5-13-6-4-10-19-17(13)15/h3-11,20H,2H2,1H3. The van der Waals surface area contributed by atoms with Crippen molar-refractivity contribution in [2.24, 2.45) is 0 Å². The number of benzene rings is 2. The van der Waals surface area contributed by atoms with E-state index < -0.39 is 10.0 Å². The van der Waals surface area contributed by atoms with E-state index in [1.807, 2.05) is 37.3 Å². The first-order valence-corrected chi connectivity index (χ1v) is 9.44. The van der Waals surface area contributed by atoms with Gasteiger partial charge in [-0.15, -0.1) is 0 Å². The lowest BCUT2D eigenvalue weighted by molar-refractivity contribution is 0.600. The maximum Gasteiger partial charge on any atom is 0.262 e. The molecular weight excluding hydrogens is 376 g/mol. The summed E-state index contributed by atoms with van der Waals surface area (Å²) in [5.41, 5.74) is 1.88. The molecule has 3 aromatic rings. The molecule has 1 aromatic heterocycles. The molecule has 0 aliphatic heterocycles. The SMILES string of the molecule is CCc1cc(Br)ccc1S(=O)(=O)Nc1cccc2cccnc12. The smallest absolute Gasteiger partial charge is 0.262 e. The van der Waals surface area contributed by atoms with Crippen LogP contribution in [0, 0.1) is 0 Å². The highest BCUT2D eigenvalue weighted by Crippen LogP contribution is 2.26. The van der Waals surface area contributed by atoms with Crippen molar-refractivity contribution >= 4 is 42.5 Å². The molecule has 0 aliphatic rings. The predicted molar refractivity (Wildman–Crippen MR) is 96.1 cm³/mol. The molecule has 4 nitrogen and oxygen atoms in total. The lowest BCUT2D eigenvalue weighted by atomic mass is 10.2. The van der Waals surface area contributed by atoms with E-state index in [0.717, 1.165) is 15.4 Å². The number of nitrogens with one attached hydrogen (secondary N) is 1. The van der Waals surface area contributed by atoms with Gasteiger partial charge in [0.15, 0.2) is 0 Å². The Kier molecular flexibility index (Phi) is 4.37. The summed E-state index contributed by atoms with van der Waals surface area (Å²) in [4.78, 5) is 4.57. The topological polar surface area (TPSA) is 59.1 Å². The third-order valence-electron chi connectivity index (χ3n) is 3.57. The van der Waals surface area contributed by atoms with Crippen molar-refractivity contribution in [2.75, 3.05) is 4.72 Å². The molecule has 0 bridgehead atoms. The van der Waals surface area contributed by atoms with Gasteiger partial charge in [-0.2, -0.15) is 0 Å². The first-order valence-electron chi connectivity index (χ1n) is 7.16. The van der Waals surface area contributed by atoms with Gasteiger partial charge in [0.05, 0.1) is 16.1 Å². The first kappa shape index (κ1) is 16.0. The Morgan fingerprint density at radius 2 is 1.91 bits per heavy atom. The Labute approximate surface area is 143 Å². The lowest BCUT2D eigenvalue weighted by Crippen LogP contribution is -2.15. The van der Waals surface area contributed by atoms with Crippen LogP contribution in [0.3, 0.4) is 0 Å². The molecule has 0 amide bonds. The number of anilines is 1. The van der Waals surface area contributed by atoms with E-state index >= 15 is 0 Å². The van der Waals surface area contributed by atoms with E-state index in [4.69, 9.17) is 0 Å². The Balaban J connectivity index is 2.07. The number of para-hydroxylation sites is 1. The number of aromatic nitrogens is 1. The van der Waals surface area contributed by atoms with E-state index in [1.165, 1.54) is 0 Å². The summed E-state index contributed by atoms with van der Waals surface area (Å²) >= 11 is 3.38. The normalized spacial score (nSPS) is 11.6. The number of hydrogen-bond acceptors (Lipinski definition) is 3. The van der Waals surface area contributed by atoms with Gasteiger partial charge in [0.25, 0.3) is 10.0 Å². The predicted octanol–water partition coefficient (Wildman–Crippen LogP) is 4.36. The number of sulfonamides is 1. The van der Waals surface area contributed by atoms with Crippen LogP contribution in [-0.2, 0) is 16.4 Å². The van der Waals surface area contributed by atoms with Crippen molar-refractivity contribution in [3.8, 4) is 0 Å². The molecule has 0 atom stereocenters. The molecule has 1 N–H and O–H groups in total. The molecule has 2 aromatic carbocycles. The van der Waals surface area contributed by atoms with Gasteiger partial charge in [-0.3, -0.25) is 9.71 Å². The maximum atomic E-state index is 12.8. The number of fused-ring (bicyclic) bond motifs is 1. The summed E-state index contributed by atoms with van der Waals surface area (Å²) in [5.74, 6) is 0. The highest BCUT2D eigenvalue weighted by Gasteiger charge is 2.19. The number of rotatable bonds is 4. The van der Waals surface area contributed by atoms with Gasteiger partial charge >= 0.3 is 0 Å². The molecule has 0 saturated heterocycles. The van der Waals surface area contributed by atoms with E-state index in [2.05, 4.69) is 25.6 Å². The third kappa shape index (κ3) is 3.23. The first-order chi connectivity index (χ1) is 11.0. The molecule has 6 heteroatoms. The van der Waals surface area contributed by atoms with Crippen molar-refractivity contribution in [3.05, 3.63) is 64.8 Å². The highest BCUT2D eigenvalue weighted by molar-refractivity contribution is 9.10. The van der Waals surface area contributed by atoms with E-state index in [-0.39, 0.29) is 4.90 Å². The van der Waals surface area contributed by atoms with Crippen molar-refractivity contribution in [3.63, 3.8) is 0 Å². The summed E-state index contributed by atoms with van der Waals surface area (Å²) in [6.45, 7) is 1.93. The van der Waals surface area contributed by atoms with Gasteiger partial charge in [0.2, 0.25) is 0 Å². The zero-order chi connectivity index (χ0) is 16.4. The fourth-order valence-electron chi connectivity index (χ4n) is 2.47. The largest absolute Gasteiger partial charge is 0.277 e. The van der Waals surface area contributed by atoms with Crippen LogP contribution >= 0.6 is 15.9 Å². The zero-order valence-electron chi connectivity index (χ0n) is 12.5. The minimum atomic E-state index is -3.68.